The molecule has 96 valence electrons. The molecule has 0 aliphatic heterocycles. The molecule has 1 saturated carbocycles. The summed E-state index contributed by atoms with van der Waals surface area (Å²) < 4.78 is 6.90. The van der Waals surface area contributed by atoms with Gasteiger partial charge in [-0.05, 0) is 26.7 Å². The molecule has 2 rings (SSSR count). The molecule has 1 aliphatic rings. The summed E-state index contributed by atoms with van der Waals surface area (Å²) in [4.78, 5) is 4.52. The molecule has 5 heteroatoms. The highest BCUT2D eigenvalue weighted by molar-refractivity contribution is 5.04. The summed E-state index contributed by atoms with van der Waals surface area (Å²) in [5.41, 5.74) is -0.767. The molecule has 1 N–H and O–H groups in total. The Balaban J connectivity index is 2.20. The first-order valence-electron chi connectivity index (χ1n) is 6.14. The lowest BCUT2D eigenvalue weighted by Gasteiger charge is -2.26. The Morgan fingerprint density at radius 3 is 2.65 bits per heavy atom. The van der Waals surface area contributed by atoms with Gasteiger partial charge in [-0.2, -0.15) is 5.10 Å². The first-order chi connectivity index (χ1) is 7.99. The van der Waals surface area contributed by atoms with Gasteiger partial charge in [0.25, 0.3) is 0 Å². The van der Waals surface area contributed by atoms with Crippen LogP contribution in [-0.2, 0) is 17.9 Å². The van der Waals surface area contributed by atoms with Gasteiger partial charge in [0.2, 0.25) is 0 Å². The smallest absolute Gasteiger partial charge is 0.176 e. The largest absolute Gasteiger partial charge is 0.389 e. The van der Waals surface area contributed by atoms with Crippen LogP contribution in [0.3, 0.4) is 0 Å². The van der Waals surface area contributed by atoms with E-state index in [1.807, 2.05) is 4.68 Å². The molecular formula is C12H21N3O2. The molecule has 0 saturated heterocycles. The first kappa shape index (κ1) is 12.5. The van der Waals surface area contributed by atoms with E-state index in [1.54, 1.807) is 21.0 Å². The Hall–Kier alpha value is -0.940. The molecule has 0 amide bonds. The van der Waals surface area contributed by atoms with Gasteiger partial charge < -0.3 is 9.84 Å². The highest BCUT2D eigenvalue weighted by Gasteiger charge is 2.27. The van der Waals surface area contributed by atoms with Gasteiger partial charge in [-0.15, -0.1) is 0 Å². The second kappa shape index (κ2) is 4.74. The summed E-state index contributed by atoms with van der Waals surface area (Å²) in [5, 5.41) is 14.3. The van der Waals surface area contributed by atoms with E-state index in [0.29, 0.717) is 24.9 Å². The van der Waals surface area contributed by atoms with Crippen molar-refractivity contribution in [2.45, 2.75) is 57.8 Å². The molecule has 0 spiro atoms. The van der Waals surface area contributed by atoms with E-state index in [2.05, 4.69) is 10.1 Å². The molecule has 1 heterocycles. The minimum atomic E-state index is -0.767. The van der Waals surface area contributed by atoms with Crippen molar-refractivity contribution in [3.05, 3.63) is 11.6 Å². The van der Waals surface area contributed by atoms with Gasteiger partial charge in [0.15, 0.2) is 5.82 Å². The van der Waals surface area contributed by atoms with Crippen LogP contribution in [0.2, 0.25) is 0 Å². The molecule has 5 nitrogen and oxygen atoms in total. The third-order valence-corrected chi connectivity index (χ3v) is 3.02. The minimum Gasteiger partial charge on any atom is -0.389 e. The van der Waals surface area contributed by atoms with Gasteiger partial charge in [0.1, 0.15) is 12.4 Å². The average Bonchev–Trinajstić information content (AvgIpc) is 2.43. The van der Waals surface area contributed by atoms with Crippen LogP contribution in [0, 0.1) is 0 Å². The molecule has 17 heavy (non-hydrogen) atoms. The van der Waals surface area contributed by atoms with Crippen molar-refractivity contribution in [2.24, 2.45) is 0 Å². The second-order valence-electron chi connectivity index (χ2n) is 5.42. The van der Waals surface area contributed by atoms with Crippen LogP contribution in [0.5, 0.6) is 0 Å². The van der Waals surface area contributed by atoms with Gasteiger partial charge in [-0.25, -0.2) is 9.67 Å². The van der Waals surface area contributed by atoms with Crippen molar-refractivity contribution in [2.75, 3.05) is 7.11 Å². The topological polar surface area (TPSA) is 60.2 Å². The molecule has 0 aromatic carbocycles. The molecule has 0 bridgehead atoms. The molecule has 0 radical (unpaired) electrons. The summed E-state index contributed by atoms with van der Waals surface area (Å²) >= 11 is 0. The zero-order chi connectivity index (χ0) is 12.5. The lowest BCUT2D eigenvalue weighted by atomic mass is 9.85. The van der Waals surface area contributed by atoms with Crippen molar-refractivity contribution in [3.8, 4) is 0 Å². The summed E-state index contributed by atoms with van der Waals surface area (Å²) in [7, 11) is 1.64. The zero-order valence-corrected chi connectivity index (χ0v) is 10.8. The number of rotatable bonds is 5. The van der Waals surface area contributed by atoms with Crippen molar-refractivity contribution >= 4 is 0 Å². The van der Waals surface area contributed by atoms with Gasteiger partial charge in [-0.3, -0.25) is 0 Å². The Morgan fingerprint density at radius 1 is 1.47 bits per heavy atom. The number of hydrogen-bond acceptors (Lipinski definition) is 4. The fourth-order valence-corrected chi connectivity index (χ4v) is 2.04. The SMILES string of the molecule is COCc1nc(C2CCC2)n(CC(C)(C)O)n1. The number of aliphatic hydroxyl groups is 1. The van der Waals surface area contributed by atoms with Crippen LogP contribution < -0.4 is 0 Å². The van der Waals surface area contributed by atoms with Crippen molar-refractivity contribution in [1.82, 2.24) is 14.8 Å². The van der Waals surface area contributed by atoms with Crippen LogP contribution in [0.1, 0.15) is 50.7 Å². The maximum absolute atomic E-state index is 9.89. The summed E-state index contributed by atoms with van der Waals surface area (Å²) in [6.45, 7) is 4.48. The lowest BCUT2D eigenvalue weighted by Crippen LogP contribution is -2.29. The van der Waals surface area contributed by atoms with E-state index >= 15 is 0 Å². The fraction of sp³-hybridized carbons (Fsp3) is 0.833. The Labute approximate surface area is 102 Å². The van der Waals surface area contributed by atoms with Crippen LogP contribution in [0.4, 0.5) is 0 Å². The van der Waals surface area contributed by atoms with Crippen molar-refractivity contribution < 1.29 is 9.84 Å². The predicted molar refractivity (Wildman–Crippen MR) is 63.6 cm³/mol. The monoisotopic (exact) mass is 239 g/mol. The van der Waals surface area contributed by atoms with E-state index in [1.165, 1.54) is 19.3 Å². The molecule has 0 atom stereocenters. The highest BCUT2D eigenvalue weighted by atomic mass is 16.5. The molecule has 1 aliphatic carbocycles. The average molecular weight is 239 g/mol. The number of ether oxygens (including phenoxy) is 1. The molecule has 1 aromatic heterocycles. The summed E-state index contributed by atoms with van der Waals surface area (Å²) in [6, 6.07) is 0. The maximum atomic E-state index is 9.89. The van der Waals surface area contributed by atoms with Crippen LogP contribution in [-0.4, -0.2) is 32.6 Å². The lowest BCUT2D eigenvalue weighted by molar-refractivity contribution is 0.0553. The Kier molecular flexibility index (Phi) is 3.49. The molecule has 1 fully saturated rings. The van der Waals surface area contributed by atoms with Gasteiger partial charge in [0.05, 0.1) is 12.1 Å². The fourth-order valence-electron chi connectivity index (χ4n) is 2.04. The van der Waals surface area contributed by atoms with E-state index in [4.69, 9.17) is 4.74 Å². The third kappa shape index (κ3) is 3.04. The van der Waals surface area contributed by atoms with Gasteiger partial charge in [-0.1, -0.05) is 6.42 Å². The molecule has 1 aromatic rings. The highest BCUT2D eigenvalue weighted by Crippen LogP contribution is 2.35. The third-order valence-electron chi connectivity index (χ3n) is 3.02. The molecule has 0 unspecified atom stereocenters. The van der Waals surface area contributed by atoms with Crippen LogP contribution >= 0.6 is 0 Å². The number of methoxy groups -OCH3 is 1. The van der Waals surface area contributed by atoms with E-state index in [-0.39, 0.29) is 0 Å². The standard InChI is InChI=1S/C12H21N3O2/c1-12(2,16)8-15-11(9-5-4-6-9)13-10(14-15)7-17-3/h9,16H,4-8H2,1-3H3. The Morgan fingerprint density at radius 2 is 2.18 bits per heavy atom. The minimum absolute atomic E-state index is 0.429. The van der Waals surface area contributed by atoms with E-state index in [0.717, 1.165) is 5.82 Å². The quantitative estimate of drug-likeness (QED) is 0.845. The summed E-state index contributed by atoms with van der Waals surface area (Å²) in [5.74, 6) is 2.22. The first-order valence-corrected chi connectivity index (χ1v) is 6.14. The number of hydrogen-bond donors (Lipinski definition) is 1. The van der Waals surface area contributed by atoms with Crippen LogP contribution in [0.15, 0.2) is 0 Å². The maximum Gasteiger partial charge on any atom is 0.176 e. The number of nitrogens with zero attached hydrogens (tertiary/aromatic N) is 3. The Bertz CT molecular complexity index is 378. The molecular weight excluding hydrogens is 218 g/mol. The van der Waals surface area contributed by atoms with Crippen LogP contribution in [0.25, 0.3) is 0 Å². The van der Waals surface area contributed by atoms with Crippen molar-refractivity contribution in [1.29, 1.82) is 0 Å². The van der Waals surface area contributed by atoms with Gasteiger partial charge in [0, 0.05) is 13.0 Å². The van der Waals surface area contributed by atoms with Crippen molar-refractivity contribution in [3.63, 3.8) is 0 Å². The number of aromatic nitrogens is 3. The predicted octanol–water partition coefficient (Wildman–Crippen LogP) is 1.46. The normalized spacial score (nSPS) is 17.2. The van der Waals surface area contributed by atoms with E-state index < -0.39 is 5.60 Å². The summed E-state index contributed by atoms with van der Waals surface area (Å²) in [6.07, 6.45) is 3.62. The van der Waals surface area contributed by atoms with E-state index in [9.17, 15) is 5.11 Å². The second-order valence-corrected chi connectivity index (χ2v) is 5.42. The van der Waals surface area contributed by atoms with Gasteiger partial charge >= 0.3 is 0 Å². The zero-order valence-electron chi connectivity index (χ0n) is 10.8.